The van der Waals surface area contributed by atoms with E-state index in [2.05, 4.69) is 10.6 Å². The molecular formula is C28H29N3O6. The van der Waals surface area contributed by atoms with E-state index >= 15 is 0 Å². The number of anilines is 1. The molecule has 1 aliphatic heterocycles. The average molecular weight is 504 g/mol. The van der Waals surface area contributed by atoms with Gasteiger partial charge in [0.1, 0.15) is 5.75 Å². The number of rotatable bonds is 10. The highest BCUT2D eigenvalue weighted by Gasteiger charge is 2.46. The number of methoxy groups -OCH3 is 2. The average Bonchev–Trinajstić information content (AvgIpc) is 3.25. The number of hydrogen-bond acceptors (Lipinski definition) is 6. The van der Waals surface area contributed by atoms with Crippen molar-refractivity contribution in [1.29, 1.82) is 0 Å². The Bertz CT molecular complexity index is 1210. The SMILES string of the molecule is COCCNC(=O)[C@@H]1[C@@H](c2ccc(NC(=O)c3ccc(OC)cc3)cc2)OC(=O)N1Cc1ccccc1. The molecule has 1 heterocycles. The van der Waals surface area contributed by atoms with Crippen molar-refractivity contribution < 1.29 is 28.6 Å². The van der Waals surface area contributed by atoms with E-state index in [1.165, 1.54) is 4.90 Å². The lowest BCUT2D eigenvalue weighted by Crippen LogP contribution is -2.46. The van der Waals surface area contributed by atoms with Crippen LogP contribution in [0.5, 0.6) is 5.75 Å². The van der Waals surface area contributed by atoms with Crippen LogP contribution < -0.4 is 15.4 Å². The number of amides is 3. The van der Waals surface area contributed by atoms with Gasteiger partial charge in [-0.2, -0.15) is 0 Å². The molecule has 1 aliphatic rings. The van der Waals surface area contributed by atoms with Gasteiger partial charge in [-0.15, -0.1) is 0 Å². The van der Waals surface area contributed by atoms with Crippen molar-refractivity contribution in [1.82, 2.24) is 10.2 Å². The topological polar surface area (TPSA) is 106 Å². The molecule has 37 heavy (non-hydrogen) atoms. The Morgan fingerprint density at radius 2 is 1.65 bits per heavy atom. The minimum Gasteiger partial charge on any atom is -0.497 e. The largest absolute Gasteiger partial charge is 0.497 e. The number of carbonyl (C=O) groups excluding carboxylic acids is 3. The maximum atomic E-state index is 13.2. The van der Waals surface area contributed by atoms with Gasteiger partial charge in [-0.05, 0) is 47.5 Å². The monoisotopic (exact) mass is 503 g/mol. The van der Waals surface area contributed by atoms with Gasteiger partial charge in [-0.25, -0.2) is 4.79 Å². The van der Waals surface area contributed by atoms with Crippen molar-refractivity contribution in [3.05, 3.63) is 95.6 Å². The first-order valence-corrected chi connectivity index (χ1v) is 11.8. The summed E-state index contributed by atoms with van der Waals surface area (Å²) >= 11 is 0. The lowest BCUT2D eigenvalue weighted by atomic mass is 10.00. The van der Waals surface area contributed by atoms with Gasteiger partial charge >= 0.3 is 6.09 Å². The van der Waals surface area contributed by atoms with Gasteiger partial charge in [0.25, 0.3) is 5.91 Å². The van der Waals surface area contributed by atoms with Crippen LogP contribution in [0.15, 0.2) is 78.9 Å². The van der Waals surface area contributed by atoms with Gasteiger partial charge in [-0.1, -0.05) is 42.5 Å². The van der Waals surface area contributed by atoms with Crippen LogP contribution in [-0.4, -0.2) is 56.2 Å². The first-order valence-electron chi connectivity index (χ1n) is 11.8. The highest BCUT2D eigenvalue weighted by molar-refractivity contribution is 6.04. The number of nitrogens with zero attached hydrogens (tertiary/aromatic N) is 1. The van der Waals surface area contributed by atoms with Crippen LogP contribution >= 0.6 is 0 Å². The molecule has 4 rings (SSSR count). The van der Waals surface area contributed by atoms with E-state index in [4.69, 9.17) is 14.2 Å². The van der Waals surface area contributed by atoms with E-state index in [1.54, 1.807) is 62.8 Å². The molecule has 0 unspecified atom stereocenters. The molecule has 2 N–H and O–H groups in total. The van der Waals surface area contributed by atoms with E-state index in [0.29, 0.717) is 35.7 Å². The molecule has 0 radical (unpaired) electrons. The van der Waals surface area contributed by atoms with Crippen LogP contribution in [-0.2, 0) is 20.8 Å². The number of benzene rings is 3. The zero-order chi connectivity index (χ0) is 26.2. The molecule has 9 nitrogen and oxygen atoms in total. The summed E-state index contributed by atoms with van der Waals surface area (Å²) in [5.41, 5.74) is 2.57. The molecule has 0 saturated carbocycles. The summed E-state index contributed by atoms with van der Waals surface area (Å²) in [7, 11) is 3.11. The second-order valence-corrected chi connectivity index (χ2v) is 8.45. The second-order valence-electron chi connectivity index (χ2n) is 8.45. The quantitative estimate of drug-likeness (QED) is 0.408. The first kappa shape index (κ1) is 25.7. The molecule has 1 saturated heterocycles. The Kier molecular flexibility index (Phi) is 8.37. The number of carbonyl (C=O) groups is 3. The van der Waals surface area contributed by atoms with Crippen LogP contribution in [0.4, 0.5) is 10.5 Å². The molecule has 0 spiro atoms. The lowest BCUT2D eigenvalue weighted by Gasteiger charge is -2.24. The Hall–Kier alpha value is -4.37. The summed E-state index contributed by atoms with van der Waals surface area (Å²) in [6.07, 6.45) is -1.39. The van der Waals surface area contributed by atoms with Crippen LogP contribution in [0.3, 0.4) is 0 Å². The zero-order valence-corrected chi connectivity index (χ0v) is 20.7. The standard InChI is InChI=1S/C28H29N3O6/c1-35-17-16-29-27(33)24-25(37-28(34)31(24)18-19-6-4-3-5-7-19)20-8-12-22(13-9-20)30-26(32)21-10-14-23(36-2)15-11-21/h3-15,24-25H,16-18H2,1-2H3,(H,29,33)(H,30,32)/t24-,25+/m0/s1. The number of ether oxygens (including phenoxy) is 3. The fraction of sp³-hybridized carbons (Fsp3) is 0.250. The predicted molar refractivity (Wildman–Crippen MR) is 137 cm³/mol. The second kappa shape index (κ2) is 12.0. The van der Waals surface area contributed by atoms with Crippen LogP contribution in [0.2, 0.25) is 0 Å². The van der Waals surface area contributed by atoms with Crippen molar-refractivity contribution in [3.63, 3.8) is 0 Å². The maximum Gasteiger partial charge on any atom is 0.411 e. The highest BCUT2D eigenvalue weighted by Crippen LogP contribution is 2.34. The van der Waals surface area contributed by atoms with Crippen LogP contribution in [0, 0.1) is 0 Å². The third-order valence-corrected chi connectivity index (χ3v) is 6.00. The Morgan fingerprint density at radius 1 is 0.946 bits per heavy atom. The molecule has 1 fully saturated rings. The fourth-order valence-corrected chi connectivity index (χ4v) is 4.07. The van der Waals surface area contributed by atoms with Crippen LogP contribution in [0.1, 0.15) is 27.6 Å². The van der Waals surface area contributed by atoms with Crippen molar-refractivity contribution >= 4 is 23.6 Å². The first-order chi connectivity index (χ1) is 18.0. The van der Waals surface area contributed by atoms with Gasteiger partial charge in [0, 0.05) is 24.9 Å². The van der Waals surface area contributed by atoms with Crippen molar-refractivity contribution in [2.45, 2.75) is 18.7 Å². The van der Waals surface area contributed by atoms with Crippen LogP contribution in [0.25, 0.3) is 0 Å². The minimum absolute atomic E-state index is 0.231. The Morgan fingerprint density at radius 3 is 2.30 bits per heavy atom. The molecule has 0 aromatic heterocycles. The van der Waals surface area contributed by atoms with E-state index in [1.807, 2.05) is 30.3 Å². The molecule has 192 valence electrons. The number of cyclic esters (lactones) is 1. The number of nitrogens with one attached hydrogen (secondary N) is 2. The highest BCUT2D eigenvalue weighted by atomic mass is 16.6. The Balaban J connectivity index is 1.51. The molecule has 9 heteroatoms. The number of hydrogen-bond donors (Lipinski definition) is 2. The van der Waals surface area contributed by atoms with Gasteiger partial charge in [0.05, 0.1) is 20.3 Å². The minimum atomic E-state index is -0.871. The summed E-state index contributed by atoms with van der Waals surface area (Å²) in [5.74, 6) is 0.0574. The summed E-state index contributed by atoms with van der Waals surface area (Å²) in [6.45, 7) is 0.885. The zero-order valence-electron chi connectivity index (χ0n) is 20.7. The van der Waals surface area contributed by atoms with Crippen molar-refractivity contribution in [2.75, 3.05) is 32.7 Å². The molecule has 0 aliphatic carbocycles. The fourth-order valence-electron chi connectivity index (χ4n) is 4.07. The summed E-state index contributed by atoms with van der Waals surface area (Å²) in [6, 6.07) is 22.2. The molecule has 3 aromatic carbocycles. The maximum absolute atomic E-state index is 13.2. The van der Waals surface area contributed by atoms with E-state index in [0.717, 1.165) is 5.56 Å². The van der Waals surface area contributed by atoms with E-state index in [-0.39, 0.29) is 18.4 Å². The smallest absolute Gasteiger partial charge is 0.411 e. The summed E-state index contributed by atoms with van der Waals surface area (Å²) < 4.78 is 15.8. The molecule has 3 amide bonds. The normalized spacial score (nSPS) is 16.7. The van der Waals surface area contributed by atoms with Crippen molar-refractivity contribution in [3.8, 4) is 5.75 Å². The lowest BCUT2D eigenvalue weighted by molar-refractivity contribution is -0.126. The van der Waals surface area contributed by atoms with Gasteiger partial charge in [0.2, 0.25) is 5.91 Å². The van der Waals surface area contributed by atoms with Gasteiger partial charge < -0.3 is 24.8 Å². The molecular weight excluding hydrogens is 474 g/mol. The third-order valence-electron chi connectivity index (χ3n) is 6.00. The third kappa shape index (κ3) is 6.25. The van der Waals surface area contributed by atoms with Gasteiger partial charge in [-0.3, -0.25) is 14.5 Å². The molecule has 3 aromatic rings. The predicted octanol–water partition coefficient (Wildman–Crippen LogP) is 3.77. The summed E-state index contributed by atoms with van der Waals surface area (Å²) in [4.78, 5) is 40.0. The molecule has 2 atom stereocenters. The summed E-state index contributed by atoms with van der Waals surface area (Å²) in [5, 5.41) is 5.66. The van der Waals surface area contributed by atoms with Gasteiger partial charge in [0.15, 0.2) is 12.1 Å². The van der Waals surface area contributed by atoms with Crippen molar-refractivity contribution in [2.24, 2.45) is 0 Å². The van der Waals surface area contributed by atoms with E-state index < -0.39 is 18.2 Å². The Labute approximate surface area is 215 Å². The molecule has 0 bridgehead atoms. The van der Waals surface area contributed by atoms with E-state index in [9.17, 15) is 14.4 Å².